The highest BCUT2D eigenvalue weighted by Gasteiger charge is 2.31. The number of hydrogen-bond acceptors (Lipinski definition) is 5. The molecular weight excluding hydrogens is 559 g/mol. The van der Waals surface area contributed by atoms with Crippen LogP contribution in [0.3, 0.4) is 0 Å². The quantitative estimate of drug-likeness (QED) is 0.118. The molecule has 0 aliphatic heterocycles. The number of benzene rings is 4. The molecular formula is C32H22F3N5O3. The highest BCUT2D eigenvalue weighted by Crippen LogP contribution is 2.32. The van der Waals surface area contributed by atoms with Gasteiger partial charge in [0, 0.05) is 46.4 Å². The molecule has 0 amide bonds. The number of hydrogen-bond donors (Lipinski definition) is 0. The lowest BCUT2D eigenvalue weighted by Crippen LogP contribution is -2.20. The van der Waals surface area contributed by atoms with Gasteiger partial charge < -0.3 is 4.57 Å². The van der Waals surface area contributed by atoms with E-state index in [1.807, 2.05) is 35.8 Å². The number of nitro groups is 1. The lowest BCUT2D eigenvalue weighted by atomic mass is 10.1. The molecule has 0 spiro atoms. The van der Waals surface area contributed by atoms with E-state index >= 15 is 0 Å². The number of rotatable bonds is 6. The van der Waals surface area contributed by atoms with Gasteiger partial charge in [-0.2, -0.15) is 22.9 Å². The van der Waals surface area contributed by atoms with Gasteiger partial charge >= 0.3 is 6.18 Å². The van der Waals surface area contributed by atoms with E-state index in [4.69, 9.17) is 0 Å². The Hall–Kier alpha value is -5.58. The molecule has 8 nitrogen and oxygen atoms in total. The fourth-order valence-electron chi connectivity index (χ4n) is 5.14. The van der Waals surface area contributed by atoms with E-state index in [0.29, 0.717) is 17.6 Å². The molecule has 0 fully saturated rings. The monoisotopic (exact) mass is 581 g/mol. The van der Waals surface area contributed by atoms with Gasteiger partial charge in [0.2, 0.25) is 0 Å². The third-order valence-electron chi connectivity index (χ3n) is 7.25. The Morgan fingerprint density at radius 1 is 0.930 bits per heavy atom. The fourth-order valence-corrected chi connectivity index (χ4v) is 5.14. The van der Waals surface area contributed by atoms with E-state index in [-0.39, 0.29) is 22.5 Å². The third kappa shape index (κ3) is 5.16. The molecule has 0 saturated heterocycles. The zero-order chi connectivity index (χ0) is 30.3. The fraction of sp³-hybridized carbons (Fsp3) is 0.0938. The van der Waals surface area contributed by atoms with Crippen LogP contribution in [0.15, 0.2) is 107 Å². The number of para-hydroxylation sites is 2. The van der Waals surface area contributed by atoms with Crippen LogP contribution >= 0.6 is 0 Å². The molecule has 0 aliphatic carbocycles. The van der Waals surface area contributed by atoms with E-state index in [0.717, 1.165) is 39.0 Å². The summed E-state index contributed by atoms with van der Waals surface area (Å²) in [4.78, 5) is 29.0. The number of non-ortho nitro benzene ring substituents is 1. The van der Waals surface area contributed by atoms with Crippen LogP contribution in [0.25, 0.3) is 33.2 Å². The van der Waals surface area contributed by atoms with Gasteiger partial charge in [-0.15, -0.1) is 0 Å². The van der Waals surface area contributed by atoms with Crippen molar-refractivity contribution < 1.29 is 18.1 Å². The SMILES string of the molecule is Cc1c(C=Nn2c(-c3cccc(C(F)(F)F)c3)nc3ccccc3c2=O)c2ccccc2n1Cc1cccc([N+](=O)[O-])c1. The standard InChI is InChI=1S/C32H22F3N5O3/c1-20-27(25-12-3-5-15-29(25)38(20)19-21-8-6-11-24(16-21)40(42)43)18-36-39-30(22-9-7-10-23(17-22)32(33,34)35)37-28-14-4-2-13-26(28)31(39)41/h2-18H,19H2,1H3. The van der Waals surface area contributed by atoms with E-state index in [1.54, 1.807) is 36.4 Å². The second kappa shape index (κ2) is 10.7. The predicted octanol–water partition coefficient (Wildman–Crippen LogP) is 7.18. The third-order valence-corrected chi connectivity index (χ3v) is 7.25. The van der Waals surface area contributed by atoms with E-state index in [1.165, 1.54) is 30.5 Å². The van der Waals surface area contributed by atoms with E-state index in [2.05, 4.69) is 10.1 Å². The van der Waals surface area contributed by atoms with Crippen LogP contribution in [-0.2, 0) is 12.7 Å². The zero-order valence-corrected chi connectivity index (χ0v) is 22.6. The van der Waals surface area contributed by atoms with Gasteiger partial charge in [0.05, 0.1) is 27.6 Å². The molecule has 0 unspecified atom stereocenters. The highest BCUT2D eigenvalue weighted by atomic mass is 19.4. The highest BCUT2D eigenvalue weighted by molar-refractivity contribution is 6.01. The van der Waals surface area contributed by atoms with Gasteiger partial charge in [-0.05, 0) is 42.8 Å². The molecule has 6 rings (SSSR count). The predicted molar refractivity (Wildman–Crippen MR) is 158 cm³/mol. The van der Waals surface area contributed by atoms with Crippen molar-refractivity contribution in [2.75, 3.05) is 0 Å². The van der Waals surface area contributed by atoms with Crippen LogP contribution in [-0.4, -0.2) is 25.4 Å². The summed E-state index contributed by atoms with van der Waals surface area (Å²) in [6.07, 6.45) is -3.09. The normalized spacial score (nSPS) is 12.0. The van der Waals surface area contributed by atoms with Crippen LogP contribution in [0.5, 0.6) is 0 Å². The molecule has 0 N–H and O–H groups in total. The molecule has 0 radical (unpaired) electrons. The van der Waals surface area contributed by atoms with E-state index in [9.17, 15) is 28.1 Å². The summed E-state index contributed by atoms with van der Waals surface area (Å²) >= 11 is 0. The van der Waals surface area contributed by atoms with Crippen molar-refractivity contribution in [3.63, 3.8) is 0 Å². The van der Waals surface area contributed by atoms with Crippen LogP contribution in [0.2, 0.25) is 0 Å². The summed E-state index contributed by atoms with van der Waals surface area (Å²) < 4.78 is 43.6. The number of halogens is 3. The topological polar surface area (TPSA) is 95.3 Å². The van der Waals surface area contributed by atoms with Crippen LogP contribution < -0.4 is 5.56 Å². The summed E-state index contributed by atoms with van der Waals surface area (Å²) in [6, 6.07) is 25.1. The van der Waals surface area contributed by atoms with Crippen molar-refractivity contribution in [1.82, 2.24) is 14.2 Å². The summed E-state index contributed by atoms with van der Waals surface area (Å²) in [7, 11) is 0. The Labute approximate surface area is 242 Å². The van der Waals surface area contributed by atoms with Gasteiger partial charge in [0.1, 0.15) is 0 Å². The minimum Gasteiger partial charge on any atom is -0.340 e. The van der Waals surface area contributed by atoms with Crippen LogP contribution in [0.1, 0.15) is 22.4 Å². The average molecular weight is 582 g/mol. The second-order valence-electron chi connectivity index (χ2n) is 9.92. The Bertz CT molecular complexity index is 2130. The van der Waals surface area contributed by atoms with Gasteiger partial charge in [0.25, 0.3) is 11.2 Å². The first-order chi connectivity index (χ1) is 20.6. The summed E-state index contributed by atoms with van der Waals surface area (Å²) in [5, 5.41) is 16.9. The first-order valence-corrected chi connectivity index (χ1v) is 13.2. The molecule has 11 heteroatoms. The largest absolute Gasteiger partial charge is 0.416 e. The molecule has 0 bridgehead atoms. The van der Waals surface area contributed by atoms with Gasteiger partial charge in [-0.3, -0.25) is 14.9 Å². The Kier molecular flexibility index (Phi) is 6.85. The van der Waals surface area contributed by atoms with Crippen molar-refractivity contribution in [2.24, 2.45) is 5.10 Å². The number of aromatic nitrogens is 3. The smallest absolute Gasteiger partial charge is 0.340 e. The maximum atomic E-state index is 13.6. The van der Waals surface area contributed by atoms with Crippen molar-refractivity contribution >= 4 is 33.7 Å². The molecule has 43 heavy (non-hydrogen) atoms. The first-order valence-electron chi connectivity index (χ1n) is 13.2. The van der Waals surface area contributed by atoms with Crippen molar-refractivity contribution in [1.29, 1.82) is 0 Å². The Balaban J connectivity index is 1.51. The van der Waals surface area contributed by atoms with Gasteiger partial charge in [0.15, 0.2) is 5.82 Å². The molecule has 214 valence electrons. The molecule has 0 aliphatic rings. The number of nitro benzene ring substituents is 1. The Morgan fingerprint density at radius 2 is 1.65 bits per heavy atom. The lowest BCUT2D eigenvalue weighted by Gasteiger charge is -2.12. The van der Waals surface area contributed by atoms with Crippen molar-refractivity contribution in [3.8, 4) is 11.4 Å². The minimum atomic E-state index is -4.58. The molecule has 0 saturated carbocycles. The molecule has 0 atom stereocenters. The van der Waals surface area contributed by atoms with Crippen LogP contribution in [0.4, 0.5) is 18.9 Å². The lowest BCUT2D eigenvalue weighted by molar-refractivity contribution is -0.384. The maximum absolute atomic E-state index is 13.6. The molecule has 4 aromatic carbocycles. The van der Waals surface area contributed by atoms with Crippen molar-refractivity contribution in [2.45, 2.75) is 19.6 Å². The summed E-state index contributed by atoms with van der Waals surface area (Å²) in [5.74, 6) is -0.0379. The second-order valence-corrected chi connectivity index (χ2v) is 9.92. The number of nitrogens with zero attached hydrogens (tertiary/aromatic N) is 5. The van der Waals surface area contributed by atoms with Gasteiger partial charge in [-0.1, -0.05) is 54.6 Å². The molecule has 2 aromatic heterocycles. The minimum absolute atomic E-state index is 0.0151. The summed E-state index contributed by atoms with van der Waals surface area (Å²) in [5.41, 5.74) is 2.01. The van der Waals surface area contributed by atoms with E-state index < -0.39 is 22.2 Å². The molecule has 2 heterocycles. The molecule has 6 aromatic rings. The van der Waals surface area contributed by atoms with Crippen molar-refractivity contribution in [3.05, 3.63) is 140 Å². The van der Waals surface area contributed by atoms with Gasteiger partial charge in [-0.25, -0.2) is 4.98 Å². The Morgan fingerprint density at radius 3 is 2.42 bits per heavy atom. The number of fused-ring (bicyclic) bond motifs is 2. The van der Waals surface area contributed by atoms with Crippen LogP contribution in [0, 0.1) is 17.0 Å². The number of alkyl halides is 3. The zero-order valence-electron chi connectivity index (χ0n) is 22.6. The maximum Gasteiger partial charge on any atom is 0.416 e. The summed E-state index contributed by atoms with van der Waals surface area (Å²) in [6.45, 7) is 2.21. The average Bonchev–Trinajstić information content (AvgIpc) is 3.26. The first kappa shape index (κ1) is 27.6.